The molecule has 0 saturated carbocycles. The Balaban J connectivity index is 1.60. The highest BCUT2D eigenvalue weighted by Gasteiger charge is 2.29. The molecule has 3 aromatic rings. The van der Waals surface area contributed by atoms with E-state index in [-0.39, 0.29) is 0 Å². The minimum Gasteiger partial charge on any atom is -0.365 e. The van der Waals surface area contributed by atoms with Crippen molar-refractivity contribution in [3.8, 4) is 0 Å². The number of aromatic nitrogens is 2. The summed E-state index contributed by atoms with van der Waals surface area (Å²) in [5, 5.41) is 4.19. The first-order chi connectivity index (χ1) is 13.6. The summed E-state index contributed by atoms with van der Waals surface area (Å²) in [5.74, 6) is 0.692. The second kappa shape index (κ2) is 7.83. The van der Waals surface area contributed by atoms with Crippen molar-refractivity contribution >= 4 is 26.7 Å². The number of fused-ring (bicyclic) bond motifs is 1. The maximum absolute atomic E-state index is 13.2. The van der Waals surface area contributed by atoms with Crippen molar-refractivity contribution in [2.24, 2.45) is 0 Å². The predicted molar refractivity (Wildman–Crippen MR) is 110 cm³/mol. The van der Waals surface area contributed by atoms with Gasteiger partial charge < -0.3 is 10.2 Å². The Morgan fingerprint density at radius 1 is 0.964 bits per heavy atom. The second-order valence-electron chi connectivity index (χ2n) is 6.90. The molecule has 1 aromatic carbocycles. The molecule has 0 unspecified atom stereocenters. The number of anilines is 1. The average molecular weight is 398 g/mol. The van der Waals surface area contributed by atoms with E-state index in [1.165, 1.54) is 0 Å². The van der Waals surface area contributed by atoms with E-state index in [4.69, 9.17) is 0 Å². The van der Waals surface area contributed by atoms with Gasteiger partial charge in [0.05, 0.1) is 10.4 Å². The molecule has 1 aliphatic heterocycles. The van der Waals surface area contributed by atoms with Gasteiger partial charge in [-0.1, -0.05) is 18.2 Å². The van der Waals surface area contributed by atoms with Crippen LogP contribution in [0.15, 0.2) is 59.8 Å². The first kappa shape index (κ1) is 18.8. The Bertz CT molecular complexity index is 1070. The van der Waals surface area contributed by atoms with Crippen molar-refractivity contribution in [2.75, 3.05) is 38.5 Å². The van der Waals surface area contributed by atoms with Gasteiger partial charge in [-0.15, -0.1) is 0 Å². The molecule has 1 aliphatic rings. The van der Waals surface area contributed by atoms with E-state index in [1.54, 1.807) is 28.8 Å². The van der Waals surface area contributed by atoms with Gasteiger partial charge in [-0.05, 0) is 36.9 Å². The lowest BCUT2D eigenvalue weighted by atomic mass is 10.2. The lowest BCUT2D eigenvalue weighted by Crippen LogP contribution is -2.47. The molecule has 0 aliphatic carbocycles. The number of hydrogen-bond donors (Lipinski definition) is 1. The van der Waals surface area contributed by atoms with Crippen molar-refractivity contribution in [1.82, 2.24) is 19.2 Å². The van der Waals surface area contributed by atoms with Crippen molar-refractivity contribution in [1.29, 1.82) is 0 Å². The van der Waals surface area contributed by atoms with Crippen LogP contribution in [-0.2, 0) is 16.6 Å². The normalized spacial score (nSPS) is 16.3. The number of rotatable bonds is 5. The molecule has 0 amide bonds. The lowest BCUT2D eigenvalue weighted by Gasteiger charge is -2.32. The van der Waals surface area contributed by atoms with Crippen molar-refractivity contribution < 1.29 is 8.42 Å². The zero-order chi connectivity index (χ0) is 19.6. The standard InChI is InChI=1S/C20H23N5O2S/c1-24-11-13-25(14-12-24)28(26,27)19-7-3-2-5-16(19)15-23-20-17-6-4-9-21-18(17)8-10-22-20/h2-10H,11-15H2,1H3,(H,22,23). The summed E-state index contributed by atoms with van der Waals surface area (Å²) in [6, 6.07) is 12.8. The zero-order valence-electron chi connectivity index (χ0n) is 15.7. The fraction of sp³-hybridized carbons (Fsp3) is 0.300. The van der Waals surface area contributed by atoms with Gasteiger partial charge in [0, 0.05) is 50.5 Å². The van der Waals surface area contributed by atoms with Gasteiger partial charge in [-0.25, -0.2) is 13.4 Å². The molecule has 1 saturated heterocycles. The maximum atomic E-state index is 13.2. The van der Waals surface area contributed by atoms with Crippen LogP contribution in [-0.4, -0.2) is 60.8 Å². The first-order valence-electron chi connectivity index (χ1n) is 9.26. The molecular weight excluding hydrogens is 374 g/mol. The van der Waals surface area contributed by atoms with Crippen LogP contribution in [0.3, 0.4) is 0 Å². The number of nitrogens with one attached hydrogen (secondary N) is 1. The quantitative estimate of drug-likeness (QED) is 0.711. The fourth-order valence-corrected chi connectivity index (χ4v) is 5.04. The minimum atomic E-state index is -3.53. The Labute approximate surface area is 165 Å². The summed E-state index contributed by atoms with van der Waals surface area (Å²) < 4.78 is 28.0. The lowest BCUT2D eigenvalue weighted by molar-refractivity contribution is 0.222. The summed E-state index contributed by atoms with van der Waals surface area (Å²) >= 11 is 0. The van der Waals surface area contributed by atoms with Crippen molar-refractivity contribution in [3.05, 3.63) is 60.4 Å². The molecule has 8 heteroatoms. The number of piperazine rings is 1. The van der Waals surface area contributed by atoms with Crippen molar-refractivity contribution in [2.45, 2.75) is 11.4 Å². The van der Waals surface area contributed by atoms with E-state index >= 15 is 0 Å². The third-order valence-corrected chi connectivity index (χ3v) is 7.03. The molecule has 28 heavy (non-hydrogen) atoms. The Morgan fingerprint density at radius 2 is 1.75 bits per heavy atom. The smallest absolute Gasteiger partial charge is 0.243 e. The van der Waals surface area contributed by atoms with E-state index in [1.807, 2.05) is 37.4 Å². The Hall–Kier alpha value is -2.55. The summed E-state index contributed by atoms with van der Waals surface area (Å²) in [4.78, 5) is 11.2. The summed E-state index contributed by atoms with van der Waals surface area (Å²) in [7, 11) is -1.52. The molecule has 2 aromatic heterocycles. The molecule has 1 N–H and O–H groups in total. The van der Waals surface area contributed by atoms with Crippen LogP contribution in [0.5, 0.6) is 0 Å². The summed E-state index contributed by atoms with van der Waals surface area (Å²) in [5.41, 5.74) is 1.57. The molecule has 0 spiro atoms. The SMILES string of the molecule is CN1CCN(S(=O)(=O)c2ccccc2CNc2nccc3ncccc23)CC1. The van der Waals surface area contributed by atoms with Crippen LogP contribution in [0.25, 0.3) is 10.9 Å². The number of pyridine rings is 2. The maximum Gasteiger partial charge on any atom is 0.243 e. The van der Waals surface area contributed by atoms with Crippen LogP contribution in [0.2, 0.25) is 0 Å². The topological polar surface area (TPSA) is 78.4 Å². The molecular formula is C20H23N5O2S. The van der Waals surface area contributed by atoms with Crippen LogP contribution in [0.4, 0.5) is 5.82 Å². The van der Waals surface area contributed by atoms with Gasteiger partial charge in [0.1, 0.15) is 5.82 Å². The Morgan fingerprint density at radius 3 is 2.57 bits per heavy atom. The number of benzene rings is 1. The van der Waals surface area contributed by atoms with Crippen LogP contribution in [0, 0.1) is 0 Å². The predicted octanol–water partition coefficient (Wildman–Crippen LogP) is 2.18. The molecule has 3 heterocycles. The monoisotopic (exact) mass is 397 g/mol. The van der Waals surface area contributed by atoms with Crippen molar-refractivity contribution in [3.63, 3.8) is 0 Å². The largest absolute Gasteiger partial charge is 0.365 e. The van der Waals surface area contributed by atoms with Gasteiger partial charge >= 0.3 is 0 Å². The van der Waals surface area contributed by atoms with Gasteiger partial charge in [0.2, 0.25) is 10.0 Å². The summed E-state index contributed by atoms with van der Waals surface area (Å²) in [6.07, 6.45) is 3.44. The Kier molecular flexibility index (Phi) is 5.25. The highest BCUT2D eigenvalue weighted by molar-refractivity contribution is 7.89. The third-order valence-electron chi connectivity index (χ3n) is 5.03. The van der Waals surface area contributed by atoms with E-state index in [0.29, 0.717) is 30.3 Å². The molecule has 0 atom stereocenters. The number of hydrogen-bond acceptors (Lipinski definition) is 6. The zero-order valence-corrected chi connectivity index (χ0v) is 16.6. The van der Waals surface area contributed by atoms with E-state index in [2.05, 4.69) is 20.2 Å². The highest BCUT2D eigenvalue weighted by Crippen LogP contribution is 2.24. The molecule has 0 bridgehead atoms. The van der Waals surface area contributed by atoms with Gasteiger partial charge in [0.15, 0.2) is 0 Å². The van der Waals surface area contributed by atoms with E-state index < -0.39 is 10.0 Å². The number of nitrogens with zero attached hydrogens (tertiary/aromatic N) is 4. The molecule has 4 rings (SSSR count). The number of sulfonamides is 1. The molecule has 7 nitrogen and oxygen atoms in total. The molecule has 0 radical (unpaired) electrons. The number of likely N-dealkylation sites (N-methyl/N-ethyl adjacent to an activating group) is 1. The average Bonchev–Trinajstić information content (AvgIpc) is 2.73. The third kappa shape index (κ3) is 3.71. The van der Waals surface area contributed by atoms with Crippen LogP contribution in [0.1, 0.15) is 5.56 Å². The molecule has 146 valence electrons. The second-order valence-corrected chi connectivity index (χ2v) is 8.80. The van der Waals surface area contributed by atoms with E-state index in [0.717, 1.165) is 29.6 Å². The van der Waals surface area contributed by atoms with Crippen LogP contribution < -0.4 is 5.32 Å². The van der Waals surface area contributed by atoms with Gasteiger partial charge in [0.25, 0.3) is 0 Å². The minimum absolute atomic E-state index is 0.352. The summed E-state index contributed by atoms with van der Waals surface area (Å²) in [6.45, 7) is 2.87. The highest BCUT2D eigenvalue weighted by atomic mass is 32.2. The van der Waals surface area contributed by atoms with Gasteiger partial charge in [-0.3, -0.25) is 4.98 Å². The molecule has 1 fully saturated rings. The van der Waals surface area contributed by atoms with E-state index in [9.17, 15) is 8.42 Å². The fourth-order valence-electron chi connectivity index (χ4n) is 3.39. The first-order valence-corrected chi connectivity index (χ1v) is 10.7. The van der Waals surface area contributed by atoms with Gasteiger partial charge in [-0.2, -0.15) is 4.31 Å². The van der Waals surface area contributed by atoms with Crippen LogP contribution >= 0.6 is 0 Å².